The molecule has 1 aromatic heterocycles. The number of anilines is 1. The van der Waals surface area contributed by atoms with Gasteiger partial charge in [0.15, 0.2) is 0 Å². The van der Waals surface area contributed by atoms with E-state index in [2.05, 4.69) is 75.4 Å². The number of nitrogens with zero attached hydrogens (tertiary/aromatic N) is 3. The highest BCUT2D eigenvalue weighted by atomic mass is 16.5. The van der Waals surface area contributed by atoms with Gasteiger partial charge in [0.25, 0.3) is 0 Å². The first-order valence-electron chi connectivity index (χ1n) is 11.1. The zero-order valence-electron chi connectivity index (χ0n) is 18.4. The molecule has 2 heterocycles. The van der Waals surface area contributed by atoms with Gasteiger partial charge in [-0.2, -0.15) is 0 Å². The molecule has 0 spiro atoms. The Kier molecular flexibility index (Phi) is 5.90. The van der Waals surface area contributed by atoms with Crippen LogP contribution in [0.3, 0.4) is 0 Å². The summed E-state index contributed by atoms with van der Waals surface area (Å²) in [6, 6.07) is 29.1. The number of nitrogens with one attached hydrogen (secondary N) is 1. The number of methoxy groups -OCH3 is 1. The Labute approximate surface area is 189 Å². The van der Waals surface area contributed by atoms with Gasteiger partial charge >= 0.3 is 0 Å². The molecular formula is C27H28N4O. The fraction of sp³-hybridized carbons (Fsp3) is 0.222. The van der Waals surface area contributed by atoms with Gasteiger partial charge in [-0.15, -0.1) is 0 Å². The van der Waals surface area contributed by atoms with E-state index in [9.17, 15) is 0 Å². The van der Waals surface area contributed by atoms with E-state index in [-0.39, 0.29) is 0 Å². The van der Waals surface area contributed by atoms with Crippen molar-refractivity contribution in [2.24, 2.45) is 0 Å². The minimum Gasteiger partial charge on any atom is -0.495 e. The normalized spacial score (nSPS) is 14.5. The van der Waals surface area contributed by atoms with Gasteiger partial charge in [0, 0.05) is 37.3 Å². The molecule has 1 fully saturated rings. The van der Waals surface area contributed by atoms with Crippen molar-refractivity contribution in [1.82, 2.24) is 14.9 Å². The summed E-state index contributed by atoms with van der Waals surface area (Å²) in [5.41, 5.74) is 5.56. The van der Waals surface area contributed by atoms with Crippen molar-refractivity contribution in [2.75, 3.05) is 38.2 Å². The Balaban J connectivity index is 1.34. The third-order valence-corrected chi connectivity index (χ3v) is 6.03. The number of rotatable bonds is 6. The van der Waals surface area contributed by atoms with Crippen LogP contribution in [0, 0.1) is 0 Å². The van der Waals surface area contributed by atoms with E-state index >= 15 is 0 Å². The molecule has 162 valence electrons. The monoisotopic (exact) mass is 424 g/mol. The molecule has 0 aliphatic carbocycles. The van der Waals surface area contributed by atoms with E-state index in [0.29, 0.717) is 0 Å². The van der Waals surface area contributed by atoms with Crippen molar-refractivity contribution < 1.29 is 4.74 Å². The number of aromatic amines is 1. The Bertz CT molecular complexity index is 1090. The number of aromatic nitrogens is 2. The number of hydrogen-bond donors (Lipinski definition) is 1. The quantitative estimate of drug-likeness (QED) is 0.469. The highest BCUT2D eigenvalue weighted by molar-refractivity contribution is 5.78. The molecule has 4 aromatic rings. The molecule has 1 aliphatic rings. The van der Waals surface area contributed by atoms with Crippen LogP contribution in [0.2, 0.25) is 0 Å². The third-order valence-electron chi connectivity index (χ3n) is 6.03. The van der Waals surface area contributed by atoms with Crippen LogP contribution in [0.1, 0.15) is 5.82 Å². The van der Waals surface area contributed by atoms with E-state index in [1.54, 1.807) is 7.11 Å². The second-order valence-electron chi connectivity index (χ2n) is 8.07. The van der Waals surface area contributed by atoms with Crippen LogP contribution in [-0.2, 0) is 6.54 Å². The summed E-state index contributed by atoms with van der Waals surface area (Å²) in [6.07, 6.45) is 0. The molecule has 5 heteroatoms. The average Bonchev–Trinajstić information content (AvgIpc) is 3.29. The highest BCUT2D eigenvalue weighted by Crippen LogP contribution is 2.31. The molecule has 5 nitrogen and oxygen atoms in total. The highest BCUT2D eigenvalue weighted by Gasteiger charge is 2.21. The molecule has 0 bridgehead atoms. The van der Waals surface area contributed by atoms with Gasteiger partial charge in [0.1, 0.15) is 11.6 Å². The molecule has 32 heavy (non-hydrogen) atoms. The summed E-state index contributed by atoms with van der Waals surface area (Å²) in [4.78, 5) is 13.5. The lowest BCUT2D eigenvalue weighted by Gasteiger charge is -2.36. The van der Waals surface area contributed by atoms with Crippen molar-refractivity contribution in [2.45, 2.75) is 6.54 Å². The van der Waals surface area contributed by atoms with Crippen molar-refractivity contribution >= 4 is 5.69 Å². The number of piperazine rings is 1. The van der Waals surface area contributed by atoms with E-state index in [1.165, 1.54) is 5.69 Å². The predicted molar refractivity (Wildman–Crippen MR) is 130 cm³/mol. The van der Waals surface area contributed by atoms with Crippen LogP contribution in [0.25, 0.3) is 22.5 Å². The molecule has 0 saturated carbocycles. The molecule has 0 unspecified atom stereocenters. The van der Waals surface area contributed by atoms with Gasteiger partial charge in [-0.1, -0.05) is 72.8 Å². The Hall–Kier alpha value is -3.57. The average molecular weight is 425 g/mol. The molecule has 1 saturated heterocycles. The summed E-state index contributed by atoms with van der Waals surface area (Å²) in [5, 5.41) is 0. The second kappa shape index (κ2) is 9.28. The van der Waals surface area contributed by atoms with Gasteiger partial charge < -0.3 is 14.6 Å². The van der Waals surface area contributed by atoms with Crippen molar-refractivity contribution in [3.05, 3.63) is 90.8 Å². The van der Waals surface area contributed by atoms with Gasteiger partial charge in [-0.25, -0.2) is 4.98 Å². The summed E-state index contributed by atoms with van der Waals surface area (Å²) in [5.74, 6) is 1.94. The maximum absolute atomic E-state index is 5.55. The van der Waals surface area contributed by atoms with Crippen molar-refractivity contribution in [3.63, 3.8) is 0 Å². The van der Waals surface area contributed by atoms with Crippen LogP contribution in [-0.4, -0.2) is 48.2 Å². The van der Waals surface area contributed by atoms with Crippen molar-refractivity contribution in [1.29, 1.82) is 0 Å². The number of ether oxygens (including phenoxy) is 1. The minimum absolute atomic E-state index is 0.812. The van der Waals surface area contributed by atoms with Gasteiger partial charge in [-0.05, 0) is 12.1 Å². The van der Waals surface area contributed by atoms with Gasteiger partial charge in [0.2, 0.25) is 0 Å². The minimum atomic E-state index is 0.812. The third kappa shape index (κ3) is 4.25. The molecule has 0 amide bonds. The Morgan fingerprint density at radius 1 is 0.781 bits per heavy atom. The first-order chi connectivity index (χ1) is 15.8. The molecule has 1 N–H and O–H groups in total. The molecule has 1 aliphatic heterocycles. The lowest BCUT2D eigenvalue weighted by molar-refractivity contribution is 0.244. The van der Waals surface area contributed by atoms with Crippen LogP contribution in [0.4, 0.5) is 5.69 Å². The van der Waals surface area contributed by atoms with E-state index in [0.717, 1.165) is 66.8 Å². The van der Waals surface area contributed by atoms with Crippen LogP contribution in [0.5, 0.6) is 5.75 Å². The largest absolute Gasteiger partial charge is 0.495 e. The van der Waals surface area contributed by atoms with Crippen LogP contribution in [0.15, 0.2) is 84.9 Å². The van der Waals surface area contributed by atoms with E-state index < -0.39 is 0 Å². The van der Waals surface area contributed by atoms with Crippen LogP contribution >= 0.6 is 0 Å². The maximum atomic E-state index is 5.55. The topological polar surface area (TPSA) is 44.4 Å². The van der Waals surface area contributed by atoms with E-state index in [1.807, 2.05) is 24.3 Å². The lowest BCUT2D eigenvalue weighted by atomic mass is 10.1. The lowest BCUT2D eigenvalue weighted by Crippen LogP contribution is -2.46. The second-order valence-corrected chi connectivity index (χ2v) is 8.07. The molecule has 5 rings (SSSR count). The SMILES string of the molecule is COc1ccccc1N1CCN(Cc2nc(-c3ccccc3)c(-c3ccccc3)[nH]2)CC1. The van der Waals surface area contributed by atoms with Crippen molar-refractivity contribution in [3.8, 4) is 28.3 Å². The summed E-state index contributed by atoms with van der Waals surface area (Å²) in [7, 11) is 1.74. The number of H-pyrrole nitrogens is 1. The number of para-hydroxylation sites is 2. The molecular weight excluding hydrogens is 396 g/mol. The summed E-state index contributed by atoms with van der Waals surface area (Å²) < 4.78 is 5.55. The summed E-state index contributed by atoms with van der Waals surface area (Å²) in [6.45, 7) is 4.73. The smallest absolute Gasteiger partial charge is 0.142 e. The summed E-state index contributed by atoms with van der Waals surface area (Å²) >= 11 is 0. The van der Waals surface area contributed by atoms with Gasteiger partial charge in [-0.3, -0.25) is 4.90 Å². The standard InChI is InChI=1S/C27H28N4O/c1-32-24-15-9-8-14-23(24)31-18-16-30(17-19-31)20-25-28-26(21-10-4-2-5-11-21)27(29-25)22-12-6-3-7-13-22/h2-15H,16-20H2,1H3,(H,28,29). The van der Waals surface area contributed by atoms with Gasteiger partial charge in [0.05, 0.1) is 30.7 Å². The predicted octanol–water partition coefficient (Wildman–Crippen LogP) is 5.07. The Morgan fingerprint density at radius 2 is 1.41 bits per heavy atom. The molecule has 0 atom stereocenters. The number of benzene rings is 3. The fourth-order valence-corrected chi connectivity index (χ4v) is 4.37. The Morgan fingerprint density at radius 3 is 2.09 bits per heavy atom. The molecule has 3 aromatic carbocycles. The van der Waals surface area contributed by atoms with E-state index in [4.69, 9.17) is 9.72 Å². The number of hydrogen-bond acceptors (Lipinski definition) is 4. The first-order valence-corrected chi connectivity index (χ1v) is 11.1. The maximum Gasteiger partial charge on any atom is 0.142 e. The zero-order valence-corrected chi connectivity index (χ0v) is 18.4. The van der Waals surface area contributed by atoms with Crippen LogP contribution < -0.4 is 9.64 Å². The first kappa shape index (κ1) is 20.3. The zero-order chi connectivity index (χ0) is 21.8. The fourth-order valence-electron chi connectivity index (χ4n) is 4.37. The molecule has 0 radical (unpaired) electrons. The number of imidazole rings is 1.